The van der Waals surface area contributed by atoms with Crippen LogP contribution in [0.15, 0.2) is 25.3 Å². The topological polar surface area (TPSA) is 0 Å². The fourth-order valence-corrected chi connectivity index (χ4v) is 5.62. The van der Waals surface area contributed by atoms with Crippen LogP contribution in [0.5, 0.6) is 0 Å². The highest BCUT2D eigenvalue weighted by Crippen LogP contribution is 2.19. The molecular formula is C9H20Si2. The van der Waals surface area contributed by atoms with Gasteiger partial charge < -0.3 is 0 Å². The Balaban J connectivity index is 3.67. The van der Waals surface area contributed by atoms with E-state index < -0.39 is 0 Å². The molecule has 1 atom stereocenters. The number of hydrogen-bond donors (Lipinski definition) is 0. The molecule has 0 aliphatic carbocycles. The minimum absolute atomic E-state index is 0.157. The second kappa shape index (κ2) is 6.61. The van der Waals surface area contributed by atoms with E-state index in [0.29, 0.717) is 0 Å². The molecule has 0 aliphatic heterocycles. The van der Waals surface area contributed by atoms with Gasteiger partial charge in [-0.1, -0.05) is 24.2 Å². The fraction of sp³-hybridized carbons (Fsp3) is 0.556. The Morgan fingerprint density at radius 3 is 2.09 bits per heavy atom. The number of rotatable bonds is 6. The van der Waals surface area contributed by atoms with E-state index in [-0.39, 0.29) is 9.52 Å². The van der Waals surface area contributed by atoms with Crippen molar-refractivity contribution >= 4 is 19.8 Å². The Labute approximate surface area is 76.0 Å². The summed E-state index contributed by atoms with van der Waals surface area (Å²) in [5, 5.41) is 1.07. The first-order chi connectivity index (χ1) is 5.20. The zero-order valence-corrected chi connectivity index (χ0v) is 11.3. The molecular weight excluding hydrogens is 164 g/mol. The van der Waals surface area contributed by atoms with Crippen LogP contribution in [0.4, 0.5) is 0 Å². The zero-order valence-electron chi connectivity index (χ0n) is 7.84. The van der Waals surface area contributed by atoms with E-state index in [0.717, 1.165) is 10.7 Å². The quantitative estimate of drug-likeness (QED) is 0.430. The number of allylic oxidation sites excluding steroid dienone is 2. The highest BCUT2D eigenvalue weighted by molar-refractivity contribution is 6.51. The molecule has 0 fully saturated rings. The van der Waals surface area contributed by atoms with Crippen molar-refractivity contribution in [3.8, 4) is 0 Å². The zero-order chi connectivity index (χ0) is 8.69. The Morgan fingerprint density at radius 1 is 1.36 bits per heavy atom. The summed E-state index contributed by atoms with van der Waals surface area (Å²) in [6, 6.07) is 0. The molecule has 11 heavy (non-hydrogen) atoms. The van der Waals surface area contributed by atoms with Gasteiger partial charge in [0, 0.05) is 19.8 Å². The van der Waals surface area contributed by atoms with Gasteiger partial charge in [0.2, 0.25) is 0 Å². The average Bonchev–Trinajstić information content (AvgIpc) is 1.87. The number of hydrogen-bond acceptors (Lipinski definition) is 0. The van der Waals surface area contributed by atoms with Gasteiger partial charge in [-0.05, 0) is 18.4 Å². The van der Waals surface area contributed by atoms with Crippen molar-refractivity contribution in [1.82, 2.24) is 0 Å². The normalized spacial score (nSPS) is 14.4. The fourth-order valence-electron chi connectivity index (χ4n) is 1.43. The Morgan fingerprint density at radius 2 is 1.82 bits per heavy atom. The summed E-state index contributed by atoms with van der Waals surface area (Å²) in [5.74, 6) is 0. The standard InChI is InChI=1S/C9H20Si2/c1-4-6-9(7-5-2)11-8(3)10/h4-5,8-9H,1-2,6-7,11H2,3,10H3. The van der Waals surface area contributed by atoms with Crippen LogP contribution in [0.1, 0.15) is 19.8 Å². The van der Waals surface area contributed by atoms with Crippen molar-refractivity contribution in [3.63, 3.8) is 0 Å². The van der Waals surface area contributed by atoms with Gasteiger partial charge in [0.05, 0.1) is 0 Å². The molecule has 64 valence electrons. The first-order valence-electron chi connectivity index (χ1n) is 4.42. The molecule has 0 rings (SSSR count). The van der Waals surface area contributed by atoms with Gasteiger partial charge in [0.25, 0.3) is 0 Å². The summed E-state index contributed by atoms with van der Waals surface area (Å²) < 4.78 is 0. The SMILES string of the molecule is C=CCC(CC=C)[SiH2]C(C)[SiH3]. The van der Waals surface area contributed by atoms with E-state index in [9.17, 15) is 0 Å². The lowest BCUT2D eigenvalue weighted by Gasteiger charge is -2.13. The van der Waals surface area contributed by atoms with Gasteiger partial charge in [0.15, 0.2) is 0 Å². The maximum Gasteiger partial charge on any atom is 0.0234 e. The van der Waals surface area contributed by atoms with Crippen molar-refractivity contribution in [1.29, 1.82) is 0 Å². The lowest BCUT2D eigenvalue weighted by molar-refractivity contribution is 0.846. The molecule has 2 heteroatoms. The van der Waals surface area contributed by atoms with E-state index in [1.807, 2.05) is 0 Å². The third-order valence-electron chi connectivity index (χ3n) is 1.80. The molecule has 0 nitrogen and oxygen atoms in total. The lowest BCUT2D eigenvalue weighted by Crippen LogP contribution is -2.07. The van der Waals surface area contributed by atoms with Crippen LogP contribution >= 0.6 is 0 Å². The third-order valence-corrected chi connectivity index (χ3v) is 5.50. The highest BCUT2D eigenvalue weighted by atomic mass is 28.2. The molecule has 0 aromatic rings. The van der Waals surface area contributed by atoms with Gasteiger partial charge in [-0.2, -0.15) is 0 Å². The van der Waals surface area contributed by atoms with Crippen LogP contribution in [0, 0.1) is 0 Å². The molecule has 0 aromatic carbocycles. The minimum atomic E-state index is 0.157. The van der Waals surface area contributed by atoms with Crippen LogP contribution in [0.3, 0.4) is 0 Å². The molecule has 1 unspecified atom stereocenters. The van der Waals surface area contributed by atoms with Gasteiger partial charge in [-0.25, -0.2) is 0 Å². The summed E-state index contributed by atoms with van der Waals surface area (Å²) in [5.41, 5.74) is 0.942. The van der Waals surface area contributed by atoms with Crippen molar-refractivity contribution in [2.45, 2.75) is 30.5 Å². The maximum absolute atomic E-state index is 3.79. The van der Waals surface area contributed by atoms with Crippen molar-refractivity contribution in [3.05, 3.63) is 25.3 Å². The molecule has 0 amide bonds. The van der Waals surface area contributed by atoms with Crippen LogP contribution < -0.4 is 0 Å². The first kappa shape index (κ1) is 10.9. The largest absolute Gasteiger partial charge is 0.103 e. The molecule has 0 saturated heterocycles. The summed E-state index contributed by atoms with van der Waals surface area (Å²) in [6.45, 7) is 9.97. The predicted octanol–water partition coefficient (Wildman–Crippen LogP) is 1.23. The van der Waals surface area contributed by atoms with Crippen LogP contribution in [0.25, 0.3) is 0 Å². The molecule has 0 spiro atoms. The average molecular weight is 184 g/mol. The van der Waals surface area contributed by atoms with E-state index in [1.54, 1.807) is 0 Å². The summed E-state index contributed by atoms with van der Waals surface area (Å²) in [4.78, 5) is 0. The Kier molecular flexibility index (Phi) is 6.56. The third kappa shape index (κ3) is 6.32. The van der Waals surface area contributed by atoms with Gasteiger partial charge >= 0.3 is 0 Å². The Bertz CT molecular complexity index is 109. The van der Waals surface area contributed by atoms with Crippen LogP contribution in [-0.4, -0.2) is 19.8 Å². The van der Waals surface area contributed by atoms with E-state index in [2.05, 4.69) is 32.2 Å². The van der Waals surface area contributed by atoms with Crippen molar-refractivity contribution < 1.29 is 0 Å². The monoisotopic (exact) mass is 184 g/mol. The molecule has 0 N–H and O–H groups in total. The van der Waals surface area contributed by atoms with Gasteiger partial charge in [-0.3, -0.25) is 0 Å². The van der Waals surface area contributed by atoms with Crippen LogP contribution in [-0.2, 0) is 0 Å². The first-order valence-corrected chi connectivity index (χ1v) is 7.21. The lowest BCUT2D eigenvalue weighted by atomic mass is 10.2. The second-order valence-corrected chi connectivity index (χ2v) is 10.4. The van der Waals surface area contributed by atoms with E-state index >= 15 is 0 Å². The Hall–Kier alpha value is -0.0862. The van der Waals surface area contributed by atoms with Gasteiger partial charge in [-0.15, -0.1) is 13.2 Å². The summed E-state index contributed by atoms with van der Waals surface area (Å²) >= 11 is 0. The predicted molar refractivity (Wildman–Crippen MR) is 61.3 cm³/mol. The van der Waals surface area contributed by atoms with Crippen LogP contribution in [0.2, 0.25) is 10.7 Å². The minimum Gasteiger partial charge on any atom is -0.103 e. The smallest absolute Gasteiger partial charge is 0.0234 e. The van der Waals surface area contributed by atoms with Crippen molar-refractivity contribution in [2.24, 2.45) is 0 Å². The molecule has 0 radical (unpaired) electrons. The van der Waals surface area contributed by atoms with Crippen molar-refractivity contribution in [2.75, 3.05) is 0 Å². The highest BCUT2D eigenvalue weighted by Gasteiger charge is 2.07. The maximum atomic E-state index is 3.79. The molecule has 0 heterocycles. The van der Waals surface area contributed by atoms with E-state index in [4.69, 9.17) is 0 Å². The van der Waals surface area contributed by atoms with Gasteiger partial charge in [0.1, 0.15) is 0 Å². The summed E-state index contributed by atoms with van der Waals surface area (Å²) in [7, 11) is 1.53. The molecule has 0 bridgehead atoms. The second-order valence-electron chi connectivity index (χ2n) is 3.54. The van der Waals surface area contributed by atoms with E-state index in [1.165, 1.54) is 23.1 Å². The molecule has 0 saturated carbocycles. The molecule has 0 aliphatic rings. The summed E-state index contributed by atoms with van der Waals surface area (Å²) in [6.07, 6.45) is 6.55. The molecule has 0 aromatic heterocycles.